The Labute approximate surface area is 131 Å². The molecule has 1 saturated heterocycles. The molecule has 1 aromatic carbocycles. The molecule has 2 atom stereocenters. The standard InChI is InChI=1S/C16H21Cl2NO/c1-20-16(11-4-5-11)12-3-2-8-19(10-12)13-6-7-14(17)15(18)9-13/h6-7,9,11-12,16H,2-5,8,10H2,1H3. The van der Waals surface area contributed by atoms with E-state index in [1.54, 1.807) is 0 Å². The van der Waals surface area contributed by atoms with E-state index in [9.17, 15) is 0 Å². The van der Waals surface area contributed by atoms with Crippen molar-refractivity contribution in [2.45, 2.75) is 31.8 Å². The van der Waals surface area contributed by atoms with Crippen molar-refractivity contribution in [3.8, 4) is 0 Å². The van der Waals surface area contributed by atoms with Crippen molar-refractivity contribution < 1.29 is 4.74 Å². The lowest BCUT2D eigenvalue weighted by Gasteiger charge is -2.38. The third-order valence-electron chi connectivity index (χ3n) is 4.55. The van der Waals surface area contributed by atoms with Gasteiger partial charge in [0, 0.05) is 31.8 Å². The zero-order chi connectivity index (χ0) is 14.1. The van der Waals surface area contributed by atoms with Crippen LogP contribution < -0.4 is 4.90 Å². The molecule has 1 aliphatic heterocycles. The molecule has 2 fully saturated rings. The van der Waals surface area contributed by atoms with Crippen molar-refractivity contribution in [3.63, 3.8) is 0 Å². The summed E-state index contributed by atoms with van der Waals surface area (Å²) in [7, 11) is 1.86. The van der Waals surface area contributed by atoms with Crippen LogP contribution in [0.2, 0.25) is 10.0 Å². The molecule has 0 aromatic heterocycles. The molecule has 0 amide bonds. The quantitative estimate of drug-likeness (QED) is 0.803. The van der Waals surface area contributed by atoms with Crippen LogP contribution in [-0.2, 0) is 4.74 Å². The number of rotatable bonds is 4. The molecule has 1 aromatic rings. The Bertz CT molecular complexity index is 476. The predicted octanol–water partition coefficient (Wildman–Crippen LogP) is 4.63. The number of piperidine rings is 1. The number of ether oxygens (including phenoxy) is 1. The Morgan fingerprint density at radius 2 is 1.95 bits per heavy atom. The Kier molecular flexibility index (Phi) is 4.44. The number of halogens is 2. The fourth-order valence-corrected chi connectivity index (χ4v) is 3.68. The van der Waals surface area contributed by atoms with Gasteiger partial charge >= 0.3 is 0 Å². The van der Waals surface area contributed by atoms with Gasteiger partial charge in [0.05, 0.1) is 16.1 Å². The highest BCUT2D eigenvalue weighted by Gasteiger charge is 2.38. The number of benzene rings is 1. The first-order chi connectivity index (χ1) is 9.69. The summed E-state index contributed by atoms with van der Waals surface area (Å²) in [6, 6.07) is 5.93. The molecular formula is C16H21Cl2NO. The summed E-state index contributed by atoms with van der Waals surface area (Å²) in [5, 5.41) is 1.26. The van der Waals surface area contributed by atoms with Gasteiger partial charge in [-0.1, -0.05) is 23.2 Å². The van der Waals surface area contributed by atoms with Crippen molar-refractivity contribution >= 4 is 28.9 Å². The van der Waals surface area contributed by atoms with Gasteiger partial charge in [-0.25, -0.2) is 0 Å². The SMILES string of the molecule is COC(C1CC1)C1CCCN(c2ccc(Cl)c(Cl)c2)C1. The maximum atomic E-state index is 6.14. The average molecular weight is 314 g/mol. The lowest BCUT2D eigenvalue weighted by atomic mass is 9.89. The molecule has 3 rings (SSSR count). The first-order valence-electron chi connectivity index (χ1n) is 7.42. The molecule has 1 aliphatic carbocycles. The van der Waals surface area contributed by atoms with Crippen LogP contribution in [0.4, 0.5) is 5.69 Å². The molecular weight excluding hydrogens is 293 g/mol. The van der Waals surface area contributed by atoms with E-state index in [4.69, 9.17) is 27.9 Å². The molecule has 0 spiro atoms. The first-order valence-corrected chi connectivity index (χ1v) is 8.17. The third-order valence-corrected chi connectivity index (χ3v) is 5.29. The summed E-state index contributed by atoms with van der Waals surface area (Å²) in [5.41, 5.74) is 1.18. The summed E-state index contributed by atoms with van der Waals surface area (Å²) in [4.78, 5) is 2.42. The summed E-state index contributed by atoms with van der Waals surface area (Å²) in [6.45, 7) is 2.16. The summed E-state index contributed by atoms with van der Waals surface area (Å²) in [6.07, 6.45) is 5.59. The van der Waals surface area contributed by atoms with Gasteiger partial charge < -0.3 is 9.64 Å². The lowest BCUT2D eigenvalue weighted by Crippen LogP contribution is -2.41. The van der Waals surface area contributed by atoms with Crippen molar-refractivity contribution in [1.29, 1.82) is 0 Å². The summed E-state index contributed by atoms with van der Waals surface area (Å²) in [5.74, 6) is 1.43. The minimum absolute atomic E-state index is 0.431. The normalized spacial score (nSPS) is 24.8. The zero-order valence-electron chi connectivity index (χ0n) is 11.8. The van der Waals surface area contributed by atoms with Gasteiger partial charge in [-0.05, 0) is 49.8 Å². The smallest absolute Gasteiger partial charge is 0.0644 e. The van der Waals surface area contributed by atoms with Crippen molar-refractivity contribution in [2.24, 2.45) is 11.8 Å². The molecule has 110 valence electrons. The summed E-state index contributed by atoms with van der Waals surface area (Å²) < 4.78 is 5.77. The van der Waals surface area contributed by atoms with Gasteiger partial charge in [-0.15, -0.1) is 0 Å². The van der Waals surface area contributed by atoms with Gasteiger partial charge in [0.1, 0.15) is 0 Å². The Balaban J connectivity index is 1.72. The first kappa shape index (κ1) is 14.5. The fourth-order valence-electron chi connectivity index (χ4n) is 3.39. The van der Waals surface area contributed by atoms with Crippen LogP contribution >= 0.6 is 23.2 Å². The van der Waals surface area contributed by atoms with Gasteiger partial charge in [0.25, 0.3) is 0 Å². The molecule has 4 heteroatoms. The Morgan fingerprint density at radius 1 is 1.15 bits per heavy atom. The predicted molar refractivity (Wildman–Crippen MR) is 84.9 cm³/mol. The number of hydrogen-bond donors (Lipinski definition) is 0. The number of anilines is 1. The summed E-state index contributed by atoms with van der Waals surface area (Å²) >= 11 is 12.1. The monoisotopic (exact) mass is 313 g/mol. The molecule has 2 unspecified atom stereocenters. The van der Waals surface area contributed by atoms with E-state index in [-0.39, 0.29) is 0 Å². The highest BCUT2D eigenvalue weighted by atomic mass is 35.5. The minimum Gasteiger partial charge on any atom is -0.381 e. The van der Waals surface area contributed by atoms with Gasteiger partial charge in [0.2, 0.25) is 0 Å². The molecule has 2 nitrogen and oxygen atoms in total. The maximum Gasteiger partial charge on any atom is 0.0644 e. The van der Waals surface area contributed by atoms with Crippen LogP contribution in [-0.4, -0.2) is 26.3 Å². The largest absolute Gasteiger partial charge is 0.381 e. The molecule has 0 radical (unpaired) electrons. The number of methoxy groups -OCH3 is 1. The van der Waals surface area contributed by atoms with Crippen LogP contribution in [0.15, 0.2) is 18.2 Å². The van der Waals surface area contributed by atoms with E-state index in [1.165, 1.54) is 31.4 Å². The second-order valence-electron chi connectivity index (χ2n) is 5.98. The van der Waals surface area contributed by atoms with Crippen LogP contribution in [0.25, 0.3) is 0 Å². The molecule has 0 N–H and O–H groups in total. The lowest BCUT2D eigenvalue weighted by molar-refractivity contribution is 0.0292. The van der Waals surface area contributed by atoms with Crippen molar-refractivity contribution in [1.82, 2.24) is 0 Å². The third kappa shape index (κ3) is 3.08. The number of hydrogen-bond acceptors (Lipinski definition) is 2. The number of nitrogens with zero attached hydrogens (tertiary/aromatic N) is 1. The topological polar surface area (TPSA) is 12.5 Å². The van der Waals surface area contributed by atoms with E-state index in [1.807, 2.05) is 19.2 Å². The minimum atomic E-state index is 0.431. The van der Waals surface area contributed by atoms with Crippen LogP contribution in [0.5, 0.6) is 0 Å². The van der Waals surface area contributed by atoms with E-state index >= 15 is 0 Å². The average Bonchev–Trinajstić information content (AvgIpc) is 3.28. The van der Waals surface area contributed by atoms with E-state index in [2.05, 4.69) is 11.0 Å². The Hall–Kier alpha value is -0.440. The van der Waals surface area contributed by atoms with Crippen molar-refractivity contribution in [2.75, 3.05) is 25.1 Å². The van der Waals surface area contributed by atoms with Crippen LogP contribution in [0.3, 0.4) is 0 Å². The van der Waals surface area contributed by atoms with E-state index in [0.717, 1.165) is 19.0 Å². The molecule has 20 heavy (non-hydrogen) atoms. The fraction of sp³-hybridized carbons (Fsp3) is 0.625. The molecule has 2 aliphatic rings. The van der Waals surface area contributed by atoms with Gasteiger partial charge in [-0.2, -0.15) is 0 Å². The second kappa shape index (κ2) is 6.13. The van der Waals surface area contributed by atoms with E-state index in [0.29, 0.717) is 22.1 Å². The molecule has 0 bridgehead atoms. The van der Waals surface area contributed by atoms with Crippen molar-refractivity contribution in [3.05, 3.63) is 28.2 Å². The molecule has 1 saturated carbocycles. The van der Waals surface area contributed by atoms with Crippen LogP contribution in [0.1, 0.15) is 25.7 Å². The zero-order valence-corrected chi connectivity index (χ0v) is 13.3. The Morgan fingerprint density at radius 3 is 2.60 bits per heavy atom. The maximum absolute atomic E-state index is 6.14. The van der Waals surface area contributed by atoms with Gasteiger partial charge in [-0.3, -0.25) is 0 Å². The second-order valence-corrected chi connectivity index (χ2v) is 6.80. The van der Waals surface area contributed by atoms with Crippen LogP contribution in [0, 0.1) is 11.8 Å². The molecule has 1 heterocycles. The van der Waals surface area contributed by atoms with E-state index < -0.39 is 0 Å². The highest BCUT2D eigenvalue weighted by molar-refractivity contribution is 6.42. The highest BCUT2D eigenvalue weighted by Crippen LogP contribution is 2.40. The van der Waals surface area contributed by atoms with Gasteiger partial charge in [0.15, 0.2) is 0 Å².